The molecule has 0 saturated carbocycles. The van der Waals surface area contributed by atoms with Crippen molar-refractivity contribution >= 4 is 29.6 Å². The van der Waals surface area contributed by atoms with Crippen molar-refractivity contribution in [1.82, 2.24) is 10.2 Å². The first-order valence-electron chi connectivity index (χ1n) is 11.8. The standard InChI is InChI=1S/C23H28N2O2S.C4H4O4/c1-16-11-18-12-20(28-2)13-21(22(18)27-16)23(26)24-14-19-9-6-10-25(19)15-17-7-4-3-5-8-17;5-3(6)1-2-4(7)8/h3-5,7-8,12-13,16,19H,6,9-11,14-15H2,1-2H3,(H,24,26);1-2H,(H,5,6)(H,7,8)/b;2-1+. The van der Waals surface area contributed by atoms with Gasteiger partial charge in [0.1, 0.15) is 11.9 Å². The lowest BCUT2D eigenvalue weighted by atomic mass is 10.1. The highest BCUT2D eigenvalue weighted by Crippen LogP contribution is 2.36. The maximum absolute atomic E-state index is 13.0. The monoisotopic (exact) mass is 512 g/mol. The highest BCUT2D eigenvalue weighted by molar-refractivity contribution is 7.98. The number of amides is 1. The number of hydrogen-bond acceptors (Lipinski definition) is 6. The summed E-state index contributed by atoms with van der Waals surface area (Å²) in [5.74, 6) is -1.76. The zero-order valence-corrected chi connectivity index (χ0v) is 21.3. The summed E-state index contributed by atoms with van der Waals surface area (Å²) in [6, 6.07) is 15.1. The van der Waals surface area contributed by atoms with E-state index in [1.807, 2.05) is 12.3 Å². The van der Waals surface area contributed by atoms with Crippen LogP contribution in [0.5, 0.6) is 5.75 Å². The van der Waals surface area contributed by atoms with Gasteiger partial charge in [0.25, 0.3) is 5.91 Å². The van der Waals surface area contributed by atoms with Crippen LogP contribution in [0.15, 0.2) is 59.5 Å². The Kier molecular flexibility index (Phi) is 9.95. The summed E-state index contributed by atoms with van der Waals surface area (Å²) in [7, 11) is 0. The van der Waals surface area contributed by atoms with Crippen molar-refractivity contribution in [2.45, 2.75) is 49.8 Å². The van der Waals surface area contributed by atoms with E-state index in [1.54, 1.807) is 11.8 Å². The van der Waals surface area contributed by atoms with E-state index in [2.05, 4.69) is 53.5 Å². The number of carbonyl (C=O) groups excluding carboxylic acids is 1. The Morgan fingerprint density at radius 1 is 1.14 bits per heavy atom. The number of carboxylic acids is 2. The van der Waals surface area contributed by atoms with Crippen LogP contribution in [0.3, 0.4) is 0 Å². The predicted molar refractivity (Wildman–Crippen MR) is 139 cm³/mol. The van der Waals surface area contributed by atoms with Gasteiger partial charge in [0.2, 0.25) is 0 Å². The Hall–Kier alpha value is -3.30. The van der Waals surface area contributed by atoms with E-state index in [-0.39, 0.29) is 12.0 Å². The normalized spacial score (nSPS) is 18.7. The molecule has 0 bridgehead atoms. The fourth-order valence-corrected chi connectivity index (χ4v) is 4.89. The smallest absolute Gasteiger partial charge is 0.328 e. The quantitative estimate of drug-likeness (QED) is 0.361. The van der Waals surface area contributed by atoms with Crippen LogP contribution in [-0.4, -0.2) is 64.4 Å². The molecule has 2 atom stereocenters. The van der Waals surface area contributed by atoms with Gasteiger partial charge in [-0.15, -0.1) is 11.8 Å². The molecule has 4 rings (SSSR count). The summed E-state index contributed by atoms with van der Waals surface area (Å²) < 4.78 is 5.95. The summed E-state index contributed by atoms with van der Waals surface area (Å²) in [5, 5.41) is 18.8. The molecular formula is C27H32N2O6S. The molecule has 3 N–H and O–H groups in total. The van der Waals surface area contributed by atoms with Crippen molar-refractivity contribution in [2.75, 3.05) is 19.3 Å². The Bertz CT molecular complexity index is 1090. The lowest BCUT2D eigenvalue weighted by Gasteiger charge is -2.25. The molecule has 1 fully saturated rings. The number of nitrogens with one attached hydrogen (secondary N) is 1. The molecule has 1 amide bonds. The largest absolute Gasteiger partial charge is 0.489 e. The first-order valence-corrected chi connectivity index (χ1v) is 13.1. The number of rotatable bonds is 8. The topological polar surface area (TPSA) is 116 Å². The molecule has 1 saturated heterocycles. The van der Waals surface area contributed by atoms with Crippen LogP contribution < -0.4 is 10.1 Å². The van der Waals surface area contributed by atoms with Crippen LogP contribution in [0.25, 0.3) is 0 Å². The molecule has 0 radical (unpaired) electrons. The average Bonchev–Trinajstić information content (AvgIpc) is 3.46. The van der Waals surface area contributed by atoms with Crippen molar-refractivity contribution in [3.8, 4) is 5.75 Å². The molecule has 2 heterocycles. The molecule has 2 unspecified atom stereocenters. The van der Waals surface area contributed by atoms with Gasteiger partial charge < -0.3 is 20.3 Å². The third kappa shape index (κ3) is 7.86. The number of benzene rings is 2. The highest BCUT2D eigenvalue weighted by Gasteiger charge is 2.28. The summed E-state index contributed by atoms with van der Waals surface area (Å²) in [5.41, 5.74) is 3.16. The first kappa shape index (κ1) is 27.3. The lowest BCUT2D eigenvalue weighted by Crippen LogP contribution is -2.39. The molecular weight excluding hydrogens is 480 g/mol. The number of ether oxygens (including phenoxy) is 1. The number of thioether (sulfide) groups is 1. The fraction of sp³-hybridized carbons (Fsp3) is 0.370. The molecule has 2 aromatic rings. The minimum atomic E-state index is -1.26. The second kappa shape index (κ2) is 13.1. The summed E-state index contributed by atoms with van der Waals surface area (Å²) in [6.45, 7) is 4.77. The van der Waals surface area contributed by atoms with Gasteiger partial charge in [-0.1, -0.05) is 30.3 Å². The number of aliphatic carboxylic acids is 2. The average molecular weight is 513 g/mol. The van der Waals surface area contributed by atoms with Gasteiger partial charge in [-0.05, 0) is 55.8 Å². The molecule has 36 heavy (non-hydrogen) atoms. The molecule has 8 nitrogen and oxygen atoms in total. The van der Waals surface area contributed by atoms with Gasteiger partial charge in [0.05, 0.1) is 5.56 Å². The van der Waals surface area contributed by atoms with Crippen LogP contribution in [-0.2, 0) is 22.6 Å². The molecule has 0 spiro atoms. The minimum absolute atomic E-state index is 0.0205. The second-order valence-corrected chi connectivity index (χ2v) is 9.65. The zero-order chi connectivity index (χ0) is 26.1. The lowest BCUT2D eigenvalue weighted by molar-refractivity contribution is -0.134. The fourth-order valence-electron chi connectivity index (χ4n) is 4.39. The van der Waals surface area contributed by atoms with Crippen molar-refractivity contribution in [3.05, 3.63) is 71.3 Å². The number of hydrogen-bond donors (Lipinski definition) is 3. The highest BCUT2D eigenvalue weighted by atomic mass is 32.2. The van der Waals surface area contributed by atoms with Crippen LogP contribution in [0, 0.1) is 0 Å². The van der Waals surface area contributed by atoms with Crippen LogP contribution >= 0.6 is 11.8 Å². The van der Waals surface area contributed by atoms with Gasteiger partial charge in [-0.3, -0.25) is 9.69 Å². The van der Waals surface area contributed by atoms with Crippen molar-refractivity contribution < 1.29 is 29.3 Å². The number of carbonyl (C=O) groups is 3. The predicted octanol–water partition coefficient (Wildman–Crippen LogP) is 3.84. The number of nitrogens with zero attached hydrogens (tertiary/aromatic N) is 1. The molecule has 0 aliphatic carbocycles. The number of fused-ring (bicyclic) bond motifs is 1. The second-order valence-electron chi connectivity index (χ2n) is 8.77. The van der Waals surface area contributed by atoms with Gasteiger partial charge in [-0.25, -0.2) is 9.59 Å². The SMILES string of the molecule is CSc1cc2c(c(C(=O)NCC3CCCN3Cc3ccccc3)c1)OC(C)C2.O=C(O)/C=C/C(=O)O. The van der Waals surface area contributed by atoms with Crippen molar-refractivity contribution in [1.29, 1.82) is 0 Å². The van der Waals surface area contributed by atoms with Crippen LogP contribution in [0.4, 0.5) is 0 Å². The van der Waals surface area contributed by atoms with Crippen molar-refractivity contribution in [2.24, 2.45) is 0 Å². The van der Waals surface area contributed by atoms with E-state index >= 15 is 0 Å². The van der Waals surface area contributed by atoms with Crippen LogP contribution in [0.1, 0.15) is 41.3 Å². The van der Waals surface area contributed by atoms with Gasteiger partial charge in [0, 0.05) is 42.6 Å². The van der Waals surface area contributed by atoms with Gasteiger partial charge in [0.15, 0.2) is 0 Å². The maximum Gasteiger partial charge on any atom is 0.328 e. The maximum atomic E-state index is 13.0. The molecule has 9 heteroatoms. The van der Waals surface area contributed by atoms with E-state index in [1.165, 1.54) is 12.0 Å². The van der Waals surface area contributed by atoms with E-state index < -0.39 is 11.9 Å². The third-order valence-corrected chi connectivity index (χ3v) is 6.75. The van der Waals surface area contributed by atoms with Gasteiger partial charge in [-0.2, -0.15) is 0 Å². The molecule has 2 aliphatic rings. The Labute approximate surface area is 215 Å². The van der Waals surface area contributed by atoms with Crippen molar-refractivity contribution in [3.63, 3.8) is 0 Å². The van der Waals surface area contributed by atoms with Crippen LogP contribution in [0.2, 0.25) is 0 Å². The van der Waals surface area contributed by atoms with E-state index in [4.69, 9.17) is 14.9 Å². The molecule has 0 aromatic heterocycles. The summed E-state index contributed by atoms with van der Waals surface area (Å²) in [4.78, 5) is 35.7. The zero-order valence-electron chi connectivity index (χ0n) is 20.5. The van der Waals surface area contributed by atoms with E-state index in [9.17, 15) is 14.4 Å². The molecule has 2 aromatic carbocycles. The van der Waals surface area contributed by atoms with E-state index in [0.717, 1.165) is 42.1 Å². The number of carboxylic acid groups (broad SMARTS) is 2. The Morgan fingerprint density at radius 2 is 1.83 bits per heavy atom. The molecule has 2 aliphatic heterocycles. The minimum Gasteiger partial charge on any atom is -0.489 e. The third-order valence-electron chi connectivity index (χ3n) is 6.04. The van der Waals surface area contributed by atoms with Gasteiger partial charge >= 0.3 is 11.9 Å². The Morgan fingerprint density at radius 3 is 2.47 bits per heavy atom. The van der Waals surface area contributed by atoms with E-state index in [0.29, 0.717) is 30.3 Å². The Balaban J connectivity index is 0.000000392. The molecule has 192 valence electrons. The summed E-state index contributed by atoms with van der Waals surface area (Å²) in [6.07, 6.45) is 6.48. The summed E-state index contributed by atoms with van der Waals surface area (Å²) >= 11 is 1.67. The number of likely N-dealkylation sites (tertiary alicyclic amines) is 1. The first-order chi connectivity index (χ1) is 17.3.